The average molecular weight is 400 g/mol. The number of halogens is 3. The number of nitrogens with one attached hydrogen (secondary N) is 2. The largest absolute Gasteiger partial charge is 0.456 e. The van der Waals surface area contributed by atoms with Crippen molar-refractivity contribution in [3.8, 4) is 6.07 Å². The van der Waals surface area contributed by atoms with Gasteiger partial charge in [0.1, 0.15) is 17.6 Å². The van der Waals surface area contributed by atoms with Crippen LogP contribution in [-0.4, -0.2) is 35.0 Å². The molecule has 0 saturated heterocycles. The molecule has 1 aromatic rings. The number of ketones is 1. The molecule has 0 spiro atoms. The lowest BCUT2D eigenvalue weighted by atomic mass is 10.0. The van der Waals surface area contributed by atoms with Crippen LogP contribution in [-0.2, 0) is 20.5 Å². The molecule has 1 aromatic carbocycles. The zero-order chi connectivity index (χ0) is 21.6. The van der Waals surface area contributed by atoms with Gasteiger partial charge in [0.25, 0.3) is 5.69 Å². The Morgan fingerprint density at radius 2 is 2.04 bits per heavy atom. The van der Waals surface area contributed by atoms with Crippen LogP contribution >= 0.6 is 0 Å². The van der Waals surface area contributed by atoms with Gasteiger partial charge < -0.3 is 15.5 Å². The lowest BCUT2D eigenvalue weighted by Gasteiger charge is -2.16. The summed E-state index contributed by atoms with van der Waals surface area (Å²) in [5, 5.41) is 29.5. The van der Waals surface area contributed by atoms with Crippen LogP contribution in [0.5, 0.6) is 0 Å². The minimum atomic E-state index is -4.78. The summed E-state index contributed by atoms with van der Waals surface area (Å²) < 4.78 is 42.8. The molecule has 2 N–H and O–H groups in total. The van der Waals surface area contributed by atoms with Gasteiger partial charge in [-0.15, -0.1) is 0 Å². The third-order valence-corrected chi connectivity index (χ3v) is 3.49. The second-order valence-electron chi connectivity index (χ2n) is 5.67. The maximum absolute atomic E-state index is 12.7. The normalized spacial score (nSPS) is 13.0. The number of ether oxygens (including phenoxy) is 1. The van der Waals surface area contributed by atoms with E-state index in [-0.39, 0.29) is 11.4 Å². The summed E-state index contributed by atoms with van der Waals surface area (Å²) in [5.41, 5.74) is -2.70. The molecule has 28 heavy (non-hydrogen) atoms. The average Bonchev–Trinajstić information content (AvgIpc) is 2.58. The van der Waals surface area contributed by atoms with Crippen molar-refractivity contribution in [2.45, 2.75) is 26.1 Å². The minimum absolute atomic E-state index is 0.227. The zero-order valence-corrected chi connectivity index (χ0v) is 14.7. The lowest BCUT2D eigenvalue weighted by Crippen LogP contribution is -2.32. The van der Waals surface area contributed by atoms with Crippen molar-refractivity contribution in [3.05, 3.63) is 33.9 Å². The third kappa shape index (κ3) is 5.76. The van der Waals surface area contributed by atoms with Crippen LogP contribution < -0.4 is 5.32 Å². The number of nitrogens with zero attached hydrogens (tertiary/aromatic N) is 2. The van der Waals surface area contributed by atoms with Crippen LogP contribution in [0.2, 0.25) is 0 Å². The number of esters is 1. The molecule has 9 nitrogen and oxygen atoms in total. The number of alkyl halides is 3. The predicted octanol–water partition coefficient (Wildman–Crippen LogP) is 2.71. The van der Waals surface area contributed by atoms with E-state index in [1.54, 1.807) is 6.07 Å². The summed E-state index contributed by atoms with van der Waals surface area (Å²) in [5.74, 6) is -3.22. The van der Waals surface area contributed by atoms with E-state index in [1.807, 2.05) is 0 Å². The summed E-state index contributed by atoms with van der Waals surface area (Å²) in [6, 6.07) is 2.08. The quantitative estimate of drug-likeness (QED) is 0.295. The molecule has 0 aliphatic rings. The standard InChI is InChI=1S/C16H15F3N4O5/c1-8(21)11(6-20)14(24)7-28-15(25)9(2)22-12-4-3-10(16(17,18)19)5-13(12)23(26)27/h3-5,9,11,21-22H,7H2,1-2H3/t9-,11+/m0/s1. The molecule has 0 aliphatic carbocycles. The highest BCUT2D eigenvalue weighted by molar-refractivity contribution is 6.06. The van der Waals surface area contributed by atoms with Crippen LogP contribution in [0.4, 0.5) is 24.5 Å². The molecular weight excluding hydrogens is 385 g/mol. The molecule has 0 aromatic heterocycles. The van der Waals surface area contributed by atoms with Crippen molar-refractivity contribution in [1.29, 1.82) is 10.7 Å². The summed E-state index contributed by atoms with van der Waals surface area (Å²) >= 11 is 0. The fourth-order valence-corrected chi connectivity index (χ4v) is 2.03. The van der Waals surface area contributed by atoms with E-state index in [0.717, 1.165) is 6.07 Å². The topological polar surface area (TPSA) is 146 Å². The first-order chi connectivity index (χ1) is 12.9. The Hall–Kier alpha value is -3.49. The van der Waals surface area contributed by atoms with Gasteiger partial charge in [0.15, 0.2) is 12.4 Å². The van der Waals surface area contributed by atoms with E-state index in [0.29, 0.717) is 12.1 Å². The van der Waals surface area contributed by atoms with Crippen LogP contribution in [0, 0.1) is 32.8 Å². The molecule has 0 radical (unpaired) electrons. The molecular formula is C16H15F3N4O5. The number of carbonyl (C=O) groups excluding carboxylic acids is 2. The second kappa shape index (κ2) is 8.94. The van der Waals surface area contributed by atoms with Crippen molar-refractivity contribution >= 4 is 28.8 Å². The van der Waals surface area contributed by atoms with Crippen molar-refractivity contribution in [2.24, 2.45) is 5.92 Å². The smallest absolute Gasteiger partial charge is 0.416 e. The van der Waals surface area contributed by atoms with Gasteiger partial charge in [0.2, 0.25) is 0 Å². The number of nitro benzene ring substituents is 1. The first-order valence-electron chi connectivity index (χ1n) is 7.64. The number of Topliss-reactive ketones (excluding diaryl/α,β-unsaturated/α-hetero) is 1. The van der Waals surface area contributed by atoms with Gasteiger partial charge in [-0.3, -0.25) is 14.9 Å². The third-order valence-electron chi connectivity index (χ3n) is 3.49. The van der Waals surface area contributed by atoms with E-state index in [9.17, 15) is 32.9 Å². The predicted molar refractivity (Wildman–Crippen MR) is 89.7 cm³/mol. The van der Waals surface area contributed by atoms with Crippen molar-refractivity contribution in [2.75, 3.05) is 11.9 Å². The summed E-state index contributed by atoms with van der Waals surface area (Å²) in [6.45, 7) is 1.66. The van der Waals surface area contributed by atoms with Crippen LogP contribution in [0.25, 0.3) is 0 Å². The fraction of sp³-hybridized carbons (Fsp3) is 0.375. The lowest BCUT2D eigenvalue weighted by molar-refractivity contribution is -0.384. The van der Waals surface area contributed by atoms with Crippen LogP contribution in [0.15, 0.2) is 18.2 Å². The zero-order valence-electron chi connectivity index (χ0n) is 14.7. The molecule has 0 fully saturated rings. The second-order valence-corrected chi connectivity index (χ2v) is 5.67. The van der Waals surface area contributed by atoms with Crippen LogP contribution in [0.1, 0.15) is 19.4 Å². The summed E-state index contributed by atoms with van der Waals surface area (Å²) in [6.07, 6.45) is -4.78. The molecule has 0 unspecified atom stereocenters. The monoisotopic (exact) mass is 400 g/mol. The van der Waals surface area contributed by atoms with Gasteiger partial charge in [-0.1, -0.05) is 0 Å². The summed E-state index contributed by atoms with van der Waals surface area (Å²) in [7, 11) is 0. The maximum Gasteiger partial charge on any atom is 0.416 e. The number of rotatable bonds is 8. The van der Waals surface area contributed by atoms with Gasteiger partial charge in [0, 0.05) is 11.8 Å². The molecule has 0 saturated carbocycles. The minimum Gasteiger partial charge on any atom is -0.456 e. The molecule has 1 rings (SSSR count). The SMILES string of the molecule is CC(=N)[C@@H](C#N)C(=O)COC(=O)[C@H](C)Nc1ccc(C(F)(F)F)cc1[N+](=O)[O-]. The number of carbonyl (C=O) groups is 2. The highest BCUT2D eigenvalue weighted by Gasteiger charge is 2.33. The highest BCUT2D eigenvalue weighted by atomic mass is 19.4. The number of anilines is 1. The number of benzene rings is 1. The Bertz CT molecular complexity index is 848. The van der Waals surface area contributed by atoms with E-state index >= 15 is 0 Å². The highest BCUT2D eigenvalue weighted by Crippen LogP contribution is 2.35. The van der Waals surface area contributed by atoms with Gasteiger partial charge >= 0.3 is 12.1 Å². The van der Waals surface area contributed by atoms with E-state index in [1.165, 1.54) is 13.8 Å². The Labute approximate surface area is 156 Å². The Morgan fingerprint density at radius 1 is 1.43 bits per heavy atom. The maximum atomic E-state index is 12.7. The van der Waals surface area contributed by atoms with Crippen molar-refractivity contribution in [3.63, 3.8) is 0 Å². The van der Waals surface area contributed by atoms with Crippen molar-refractivity contribution in [1.82, 2.24) is 0 Å². The Morgan fingerprint density at radius 3 is 2.50 bits per heavy atom. The number of hydrogen-bond acceptors (Lipinski definition) is 8. The first-order valence-corrected chi connectivity index (χ1v) is 7.64. The molecule has 0 aliphatic heterocycles. The summed E-state index contributed by atoms with van der Waals surface area (Å²) in [4.78, 5) is 33.6. The molecule has 150 valence electrons. The number of nitriles is 1. The Kier molecular flexibility index (Phi) is 7.20. The number of hydrogen-bond donors (Lipinski definition) is 2. The van der Waals surface area contributed by atoms with Gasteiger partial charge in [-0.2, -0.15) is 18.4 Å². The van der Waals surface area contributed by atoms with Gasteiger partial charge in [-0.25, -0.2) is 4.79 Å². The van der Waals surface area contributed by atoms with Gasteiger partial charge in [0.05, 0.1) is 16.6 Å². The number of nitro groups is 1. The Balaban J connectivity index is 2.87. The van der Waals surface area contributed by atoms with Crippen LogP contribution in [0.3, 0.4) is 0 Å². The first kappa shape index (κ1) is 22.6. The molecule has 0 amide bonds. The van der Waals surface area contributed by atoms with E-state index in [2.05, 4.69) is 5.32 Å². The molecule has 0 bridgehead atoms. The molecule has 12 heteroatoms. The van der Waals surface area contributed by atoms with Gasteiger partial charge in [-0.05, 0) is 26.0 Å². The fourth-order valence-electron chi connectivity index (χ4n) is 2.03. The molecule has 2 atom stereocenters. The van der Waals surface area contributed by atoms with Crippen molar-refractivity contribution < 1.29 is 32.4 Å². The van der Waals surface area contributed by atoms with E-state index < -0.39 is 52.7 Å². The molecule has 0 heterocycles. The van der Waals surface area contributed by atoms with E-state index in [4.69, 9.17) is 15.4 Å².